The molecule has 2 aromatic heterocycles. The van der Waals surface area contributed by atoms with Gasteiger partial charge in [-0.3, -0.25) is 0 Å². The van der Waals surface area contributed by atoms with Crippen molar-refractivity contribution >= 4 is 22.6 Å². The Hall–Kier alpha value is -1.32. The molecule has 0 aromatic carbocycles. The number of aliphatic hydroxyl groups is 3. The van der Waals surface area contributed by atoms with Gasteiger partial charge in [-0.05, 0) is 6.07 Å². The molecule has 0 amide bonds. The Labute approximate surface area is 112 Å². The molecule has 102 valence electrons. The quantitative estimate of drug-likeness (QED) is 0.613. The van der Waals surface area contributed by atoms with Gasteiger partial charge in [-0.1, -0.05) is 16.8 Å². The van der Waals surface area contributed by atoms with Gasteiger partial charge in [0.25, 0.3) is 0 Å². The lowest BCUT2D eigenvalue weighted by molar-refractivity contribution is -0.0572. The fourth-order valence-corrected chi connectivity index (χ4v) is 2.30. The minimum absolute atomic E-state index is 0.190. The lowest BCUT2D eigenvalue weighted by Crippen LogP contribution is -2.33. The Morgan fingerprint density at radius 2 is 2.16 bits per heavy atom. The summed E-state index contributed by atoms with van der Waals surface area (Å²) in [5.41, 5.74) is 0.900. The van der Waals surface area contributed by atoms with Crippen LogP contribution in [0.1, 0.15) is 6.23 Å². The third-order valence-corrected chi connectivity index (χ3v) is 3.38. The first-order valence-electron chi connectivity index (χ1n) is 5.61. The zero-order valence-electron chi connectivity index (χ0n) is 9.59. The molecular weight excluding hydrogens is 276 g/mol. The van der Waals surface area contributed by atoms with Gasteiger partial charge in [0.2, 0.25) is 0 Å². The highest BCUT2D eigenvalue weighted by atomic mass is 35.5. The third-order valence-electron chi connectivity index (χ3n) is 3.10. The van der Waals surface area contributed by atoms with Gasteiger partial charge < -0.3 is 20.1 Å². The van der Waals surface area contributed by atoms with Gasteiger partial charge in [-0.25, -0.2) is 9.67 Å². The van der Waals surface area contributed by atoms with Crippen LogP contribution < -0.4 is 0 Å². The van der Waals surface area contributed by atoms with Crippen LogP contribution in [-0.4, -0.2) is 60.2 Å². The Morgan fingerprint density at radius 1 is 1.37 bits per heavy atom. The largest absolute Gasteiger partial charge is 0.394 e. The number of hydrogen-bond acceptors (Lipinski definition) is 7. The molecule has 0 bridgehead atoms. The molecule has 0 spiro atoms. The van der Waals surface area contributed by atoms with Crippen molar-refractivity contribution in [3.8, 4) is 0 Å². The lowest BCUT2D eigenvalue weighted by Gasteiger charge is -2.14. The first kappa shape index (κ1) is 12.7. The number of halogens is 1. The second-order valence-corrected chi connectivity index (χ2v) is 4.59. The molecule has 19 heavy (non-hydrogen) atoms. The highest BCUT2D eigenvalue weighted by Crippen LogP contribution is 2.31. The topological polar surface area (TPSA) is 114 Å². The molecular formula is C10H11ClN4O4. The maximum atomic E-state index is 9.94. The smallest absolute Gasteiger partial charge is 0.181 e. The van der Waals surface area contributed by atoms with E-state index in [0.717, 1.165) is 0 Å². The van der Waals surface area contributed by atoms with Crippen LogP contribution in [-0.2, 0) is 4.74 Å². The standard InChI is InChI=1S/C10H11ClN4O4/c11-9-6-4(1-2-12-9)15(14-13-6)10-8(18)7(17)5(3-16)19-10/h1-2,5,7-8,10,16-18H,3H2/t5?,7?,8-,10-/m1/s1. The van der Waals surface area contributed by atoms with Gasteiger partial charge >= 0.3 is 0 Å². The summed E-state index contributed by atoms with van der Waals surface area (Å²) in [6, 6.07) is 1.62. The second-order valence-electron chi connectivity index (χ2n) is 4.23. The minimum atomic E-state index is -1.21. The van der Waals surface area contributed by atoms with Crippen molar-refractivity contribution < 1.29 is 20.1 Å². The third kappa shape index (κ3) is 1.88. The van der Waals surface area contributed by atoms with Crippen molar-refractivity contribution in [3.63, 3.8) is 0 Å². The van der Waals surface area contributed by atoms with E-state index in [4.69, 9.17) is 21.4 Å². The molecule has 4 atom stereocenters. The molecule has 0 saturated carbocycles. The molecule has 2 unspecified atom stereocenters. The van der Waals surface area contributed by atoms with E-state index in [2.05, 4.69) is 15.3 Å². The van der Waals surface area contributed by atoms with Crippen molar-refractivity contribution in [2.45, 2.75) is 24.5 Å². The Bertz CT molecular complexity index is 606. The van der Waals surface area contributed by atoms with E-state index in [1.165, 1.54) is 10.9 Å². The molecule has 1 saturated heterocycles. The first-order chi connectivity index (χ1) is 9.13. The SMILES string of the molecule is OCC1O[C@@H](n2nnc3c(Cl)nccc32)[C@H](O)C1O. The van der Waals surface area contributed by atoms with Crippen molar-refractivity contribution in [3.05, 3.63) is 17.4 Å². The minimum Gasteiger partial charge on any atom is -0.394 e. The molecule has 3 rings (SSSR count). The van der Waals surface area contributed by atoms with Gasteiger partial charge in [0.05, 0.1) is 12.1 Å². The predicted molar refractivity (Wildman–Crippen MR) is 63.3 cm³/mol. The molecule has 9 heteroatoms. The number of pyridine rings is 1. The second kappa shape index (κ2) is 4.66. The number of rotatable bonds is 2. The zero-order valence-corrected chi connectivity index (χ0v) is 10.3. The molecule has 0 radical (unpaired) electrons. The van der Waals surface area contributed by atoms with E-state index in [9.17, 15) is 10.2 Å². The van der Waals surface area contributed by atoms with Crippen LogP contribution in [0.25, 0.3) is 11.0 Å². The van der Waals surface area contributed by atoms with Crippen molar-refractivity contribution in [2.75, 3.05) is 6.61 Å². The number of ether oxygens (including phenoxy) is 1. The molecule has 1 aliphatic heterocycles. The number of hydrogen-bond donors (Lipinski definition) is 3. The average molecular weight is 287 g/mol. The highest BCUT2D eigenvalue weighted by Gasteiger charge is 2.44. The van der Waals surface area contributed by atoms with E-state index in [1.807, 2.05) is 0 Å². The van der Waals surface area contributed by atoms with Gasteiger partial charge in [-0.2, -0.15) is 0 Å². The van der Waals surface area contributed by atoms with E-state index in [0.29, 0.717) is 11.0 Å². The monoisotopic (exact) mass is 286 g/mol. The van der Waals surface area contributed by atoms with Crippen LogP contribution in [0, 0.1) is 0 Å². The number of nitrogens with zero attached hydrogens (tertiary/aromatic N) is 4. The molecule has 3 heterocycles. The van der Waals surface area contributed by atoms with Crippen LogP contribution in [0.5, 0.6) is 0 Å². The van der Waals surface area contributed by atoms with Gasteiger partial charge in [0.15, 0.2) is 16.9 Å². The summed E-state index contributed by atoms with van der Waals surface area (Å²) in [5.74, 6) is 0. The van der Waals surface area contributed by atoms with Crippen molar-refractivity contribution in [2.24, 2.45) is 0 Å². The molecule has 0 aliphatic carbocycles. The number of aromatic nitrogens is 4. The Kier molecular flexibility index (Phi) is 3.11. The summed E-state index contributed by atoms with van der Waals surface area (Å²) in [6.45, 7) is -0.399. The average Bonchev–Trinajstić information content (AvgIpc) is 2.94. The molecule has 3 N–H and O–H groups in total. The van der Waals surface area contributed by atoms with E-state index < -0.39 is 31.1 Å². The first-order valence-corrected chi connectivity index (χ1v) is 5.99. The van der Waals surface area contributed by atoms with Crippen LogP contribution in [0.2, 0.25) is 5.15 Å². The van der Waals surface area contributed by atoms with E-state index >= 15 is 0 Å². The van der Waals surface area contributed by atoms with Crippen LogP contribution >= 0.6 is 11.6 Å². The van der Waals surface area contributed by atoms with E-state index in [1.54, 1.807) is 6.07 Å². The normalized spacial score (nSPS) is 31.2. The summed E-state index contributed by atoms with van der Waals surface area (Å²) in [6.07, 6.45) is -2.72. The van der Waals surface area contributed by atoms with Crippen molar-refractivity contribution in [1.29, 1.82) is 0 Å². The Morgan fingerprint density at radius 3 is 2.84 bits per heavy atom. The lowest BCUT2D eigenvalue weighted by atomic mass is 10.1. The molecule has 1 aliphatic rings. The maximum Gasteiger partial charge on any atom is 0.181 e. The fourth-order valence-electron chi connectivity index (χ4n) is 2.11. The Balaban J connectivity index is 2.04. The molecule has 8 nitrogen and oxygen atoms in total. The van der Waals surface area contributed by atoms with Crippen LogP contribution in [0.4, 0.5) is 0 Å². The summed E-state index contributed by atoms with van der Waals surface area (Å²) in [4.78, 5) is 3.87. The summed E-state index contributed by atoms with van der Waals surface area (Å²) in [5, 5.41) is 36.6. The van der Waals surface area contributed by atoms with E-state index in [-0.39, 0.29) is 5.15 Å². The number of fused-ring (bicyclic) bond motifs is 1. The summed E-state index contributed by atoms with van der Waals surface area (Å²) < 4.78 is 6.69. The predicted octanol–water partition coefficient (Wildman–Crippen LogP) is -0.909. The molecule has 1 fully saturated rings. The van der Waals surface area contributed by atoms with Crippen molar-refractivity contribution in [1.82, 2.24) is 20.0 Å². The zero-order chi connectivity index (χ0) is 13.6. The van der Waals surface area contributed by atoms with Gasteiger partial charge in [-0.15, -0.1) is 5.10 Å². The fraction of sp³-hybridized carbons (Fsp3) is 0.500. The summed E-state index contributed by atoms with van der Waals surface area (Å²) >= 11 is 5.88. The van der Waals surface area contributed by atoms with Gasteiger partial charge in [0, 0.05) is 6.20 Å². The molecule has 2 aromatic rings. The number of aliphatic hydroxyl groups excluding tert-OH is 3. The maximum absolute atomic E-state index is 9.94. The van der Waals surface area contributed by atoms with Crippen LogP contribution in [0.3, 0.4) is 0 Å². The highest BCUT2D eigenvalue weighted by molar-refractivity contribution is 6.33. The van der Waals surface area contributed by atoms with Gasteiger partial charge in [0.1, 0.15) is 18.3 Å². The summed E-state index contributed by atoms with van der Waals surface area (Å²) in [7, 11) is 0. The van der Waals surface area contributed by atoms with Crippen LogP contribution in [0.15, 0.2) is 12.3 Å².